The molecular formula is C17H21BrN2O. The predicted molar refractivity (Wildman–Crippen MR) is 93.4 cm³/mol. The summed E-state index contributed by atoms with van der Waals surface area (Å²) in [7, 11) is 0. The fraction of sp³-hybridized carbons (Fsp3) is 0.294. The van der Waals surface area contributed by atoms with Crippen LogP contribution in [0.2, 0.25) is 0 Å². The maximum Gasteiger partial charge on any atom is 0.144 e. The second kappa shape index (κ2) is 7.36. The van der Waals surface area contributed by atoms with E-state index in [1.54, 1.807) is 0 Å². The normalized spacial score (nSPS) is 10.4. The molecular weight excluding hydrogens is 328 g/mol. The van der Waals surface area contributed by atoms with E-state index in [1.807, 2.05) is 24.3 Å². The van der Waals surface area contributed by atoms with Crippen molar-refractivity contribution >= 4 is 33.0 Å². The third-order valence-corrected chi connectivity index (χ3v) is 3.74. The molecule has 0 fully saturated rings. The zero-order valence-corrected chi connectivity index (χ0v) is 14.0. The average Bonchev–Trinajstić information content (AvgIpc) is 2.49. The molecule has 0 bridgehead atoms. The number of para-hydroxylation sites is 1. The van der Waals surface area contributed by atoms with Gasteiger partial charge in [-0.25, -0.2) is 0 Å². The number of benzene rings is 2. The predicted octanol–water partition coefficient (Wildman–Crippen LogP) is 5.13. The first-order valence-corrected chi connectivity index (χ1v) is 8.01. The maximum absolute atomic E-state index is 6.20. The molecule has 0 unspecified atom stereocenters. The van der Waals surface area contributed by atoms with Gasteiger partial charge in [0.15, 0.2) is 0 Å². The SMILES string of the molecule is CCCOc1cccc(Nc2ccc(Br)cc2CC)c1N. The molecule has 3 nitrogen and oxygen atoms in total. The Hall–Kier alpha value is -1.68. The molecule has 0 saturated heterocycles. The van der Waals surface area contributed by atoms with Crippen LogP contribution in [0, 0.1) is 0 Å². The standard InChI is InChI=1S/C17H21BrN2O/c1-3-10-21-16-7-5-6-15(17(16)19)20-14-9-8-13(18)11-12(14)4-2/h5-9,11,20H,3-4,10,19H2,1-2H3. The molecule has 0 spiro atoms. The lowest BCUT2D eigenvalue weighted by Gasteiger charge is -2.16. The quantitative estimate of drug-likeness (QED) is 0.711. The smallest absolute Gasteiger partial charge is 0.144 e. The van der Waals surface area contributed by atoms with E-state index >= 15 is 0 Å². The van der Waals surface area contributed by atoms with Crippen molar-refractivity contribution in [2.45, 2.75) is 26.7 Å². The Kier molecular flexibility index (Phi) is 5.51. The Morgan fingerprint density at radius 3 is 2.67 bits per heavy atom. The van der Waals surface area contributed by atoms with Crippen molar-refractivity contribution in [1.29, 1.82) is 0 Å². The van der Waals surface area contributed by atoms with Gasteiger partial charge in [-0.15, -0.1) is 0 Å². The number of anilines is 3. The van der Waals surface area contributed by atoms with Crippen LogP contribution in [-0.2, 0) is 6.42 Å². The third-order valence-electron chi connectivity index (χ3n) is 3.25. The van der Waals surface area contributed by atoms with E-state index in [1.165, 1.54) is 5.56 Å². The molecule has 0 aromatic heterocycles. The van der Waals surface area contributed by atoms with Gasteiger partial charge in [-0.2, -0.15) is 0 Å². The van der Waals surface area contributed by atoms with Crippen LogP contribution in [0.25, 0.3) is 0 Å². The van der Waals surface area contributed by atoms with Crippen LogP contribution < -0.4 is 15.8 Å². The van der Waals surface area contributed by atoms with E-state index in [0.717, 1.165) is 34.4 Å². The number of nitrogens with one attached hydrogen (secondary N) is 1. The highest BCUT2D eigenvalue weighted by atomic mass is 79.9. The van der Waals surface area contributed by atoms with E-state index in [4.69, 9.17) is 10.5 Å². The van der Waals surface area contributed by atoms with E-state index < -0.39 is 0 Å². The summed E-state index contributed by atoms with van der Waals surface area (Å²) in [6, 6.07) is 12.0. The average molecular weight is 349 g/mol. The van der Waals surface area contributed by atoms with Gasteiger partial charge in [-0.1, -0.05) is 35.8 Å². The highest BCUT2D eigenvalue weighted by Crippen LogP contribution is 2.33. The van der Waals surface area contributed by atoms with E-state index in [0.29, 0.717) is 12.3 Å². The molecule has 2 aromatic rings. The van der Waals surface area contributed by atoms with Crippen LogP contribution in [0.5, 0.6) is 5.75 Å². The number of nitrogen functional groups attached to an aromatic ring is 1. The molecule has 0 aliphatic heterocycles. The van der Waals surface area contributed by atoms with E-state index in [-0.39, 0.29) is 0 Å². The van der Waals surface area contributed by atoms with E-state index in [2.05, 4.69) is 47.2 Å². The Balaban J connectivity index is 2.27. The lowest BCUT2D eigenvalue weighted by Crippen LogP contribution is -2.03. The number of aryl methyl sites for hydroxylation is 1. The van der Waals surface area contributed by atoms with Gasteiger partial charge in [-0.3, -0.25) is 0 Å². The van der Waals surface area contributed by atoms with Gasteiger partial charge >= 0.3 is 0 Å². The minimum atomic E-state index is 0.649. The number of nitrogens with two attached hydrogens (primary N) is 1. The molecule has 0 aliphatic carbocycles. The van der Waals surface area contributed by atoms with Crippen LogP contribution in [0.3, 0.4) is 0 Å². The first kappa shape index (κ1) is 15.7. The number of ether oxygens (including phenoxy) is 1. The molecule has 112 valence electrons. The Labute approximate surface area is 134 Å². The summed E-state index contributed by atoms with van der Waals surface area (Å²) in [4.78, 5) is 0. The van der Waals surface area contributed by atoms with Crippen LogP contribution in [-0.4, -0.2) is 6.61 Å². The van der Waals surface area contributed by atoms with Crippen LogP contribution in [0.1, 0.15) is 25.8 Å². The molecule has 0 radical (unpaired) electrons. The topological polar surface area (TPSA) is 47.3 Å². The van der Waals surface area contributed by atoms with Crippen molar-refractivity contribution in [3.63, 3.8) is 0 Å². The molecule has 0 amide bonds. The summed E-state index contributed by atoms with van der Waals surface area (Å²) in [6.07, 6.45) is 1.91. The number of hydrogen-bond acceptors (Lipinski definition) is 3. The second-order valence-electron chi connectivity index (χ2n) is 4.85. The summed E-state index contributed by atoms with van der Waals surface area (Å²) in [5, 5.41) is 3.41. The van der Waals surface area contributed by atoms with Gasteiger partial charge in [0.1, 0.15) is 5.75 Å². The van der Waals surface area contributed by atoms with Crippen LogP contribution >= 0.6 is 15.9 Å². The molecule has 4 heteroatoms. The van der Waals surface area contributed by atoms with Crippen LogP contribution in [0.4, 0.5) is 17.1 Å². The third kappa shape index (κ3) is 3.91. The summed E-state index contributed by atoms with van der Waals surface area (Å²) in [5.41, 5.74) is 10.0. The fourth-order valence-corrected chi connectivity index (χ4v) is 2.52. The van der Waals surface area contributed by atoms with Crippen molar-refractivity contribution in [2.75, 3.05) is 17.7 Å². The summed E-state index contributed by atoms with van der Waals surface area (Å²) in [6.45, 7) is 4.89. The van der Waals surface area contributed by atoms with Gasteiger partial charge in [0.05, 0.1) is 18.0 Å². The lowest BCUT2D eigenvalue weighted by atomic mass is 10.1. The van der Waals surface area contributed by atoms with Crippen molar-refractivity contribution in [3.05, 3.63) is 46.4 Å². The van der Waals surface area contributed by atoms with E-state index in [9.17, 15) is 0 Å². The summed E-state index contributed by atoms with van der Waals surface area (Å²) >= 11 is 3.50. The molecule has 0 heterocycles. The monoisotopic (exact) mass is 348 g/mol. The van der Waals surface area contributed by atoms with Gasteiger partial charge in [0, 0.05) is 10.2 Å². The van der Waals surface area contributed by atoms with Crippen molar-refractivity contribution in [2.24, 2.45) is 0 Å². The zero-order valence-electron chi connectivity index (χ0n) is 12.4. The number of rotatable bonds is 6. The molecule has 2 aromatic carbocycles. The molecule has 0 aliphatic rings. The van der Waals surface area contributed by atoms with Crippen LogP contribution in [0.15, 0.2) is 40.9 Å². The number of hydrogen-bond donors (Lipinski definition) is 2. The molecule has 3 N–H and O–H groups in total. The molecule has 21 heavy (non-hydrogen) atoms. The highest BCUT2D eigenvalue weighted by Gasteiger charge is 2.08. The fourth-order valence-electron chi connectivity index (χ4n) is 2.11. The van der Waals surface area contributed by atoms with Crippen molar-refractivity contribution in [1.82, 2.24) is 0 Å². The van der Waals surface area contributed by atoms with Crippen molar-refractivity contribution in [3.8, 4) is 5.75 Å². The van der Waals surface area contributed by atoms with Gasteiger partial charge in [0.25, 0.3) is 0 Å². The van der Waals surface area contributed by atoms with Gasteiger partial charge in [0.2, 0.25) is 0 Å². The first-order chi connectivity index (χ1) is 10.2. The molecule has 0 atom stereocenters. The number of halogens is 1. The minimum absolute atomic E-state index is 0.649. The Morgan fingerprint density at radius 2 is 1.95 bits per heavy atom. The maximum atomic E-state index is 6.20. The summed E-state index contributed by atoms with van der Waals surface area (Å²) < 4.78 is 6.75. The first-order valence-electron chi connectivity index (χ1n) is 7.22. The lowest BCUT2D eigenvalue weighted by molar-refractivity contribution is 0.319. The molecule has 0 saturated carbocycles. The van der Waals surface area contributed by atoms with Gasteiger partial charge < -0.3 is 15.8 Å². The largest absolute Gasteiger partial charge is 0.491 e. The molecule has 2 rings (SSSR count). The highest BCUT2D eigenvalue weighted by molar-refractivity contribution is 9.10. The van der Waals surface area contributed by atoms with Gasteiger partial charge in [-0.05, 0) is 48.7 Å². The second-order valence-corrected chi connectivity index (χ2v) is 5.76. The Bertz CT molecular complexity index is 614. The Morgan fingerprint density at radius 1 is 1.14 bits per heavy atom. The summed E-state index contributed by atoms with van der Waals surface area (Å²) in [5.74, 6) is 0.733. The zero-order chi connectivity index (χ0) is 15.2. The van der Waals surface area contributed by atoms with Crippen molar-refractivity contribution < 1.29 is 4.74 Å². The minimum Gasteiger partial charge on any atom is -0.491 e.